The van der Waals surface area contributed by atoms with E-state index in [1.807, 2.05) is 39.8 Å². The Morgan fingerprint density at radius 1 is 1.10 bits per heavy atom. The summed E-state index contributed by atoms with van der Waals surface area (Å²) in [7, 11) is 0.750. The number of allylic oxidation sites excluding steroid dienone is 4. The van der Waals surface area contributed by atoms with Gasteiger partial charge in [-0.1, -0.05) is 33.9 Å². The van der Waals surface area contributed by atoms with Gasteiger partial charge in [0.15, 0.2) is 0 Å². The van der Waals surface area contributed by atoms with Gasteiger partial charge in [-0.15, -0.1) is 36.8 Å². The molecule has 0 saturated carbocycles. The molecule has 1 N–H and O–H groups in total. The summed E-state index contributed by atoms with van der Waals surface area (Å²) in [5.41, 5.74) is 6.69. The standard InChI is InChI=1S/C5H5.C4H10N.C2H7Si.3CH3.2ClH.H2Si.Zr/c1-2-4-5-3-1;1-4(2,3)5;1-3-2;;;;;;;/h1-3H,4H2;5H,1-3H3;3H,1-2H3;3*1H3;2*1H;1H2;/q2*-1;;3*-1;;;;. The van der Waals surface area contributed by atoms with E-state index < -0.39 is 0 Å². The molecule has 0 amide bonds. The molecule has 0 aromatic heterocycles. The van der Waals surface area contributed by atoms with Gasteiger partial charge in [0, 0.05) is 9.52 Å². The van der Waals surface area contributed by atoms with Crippen molar-refractivity contribution in [3.05, 3.63) is 52.3 Å². The third-order valence-electron chi connectivity index (χ3n) is 0.586. The van der Waals surface area contributed by atoms with Crippen LogP contribution in [-0.4, -0.2) is 21.9 Å². The molecule has 0 atom stereocenters. The maximum atomic E-state index is 6.94. The van der Waals surface area contributed by atoms with Gasteiger partial charge in [-0.25, -0.2) is 12.2 Å². The van der Waals surface area contributed by atoms with E-state index in [1.54, 1.807) is 23.3 Å². The Morgan fingerprint density at radius 3 is 1.40 bits per heavy atom. The number of hydrogen-bond donors (Lipinski definition) is 0. The van der Waals surface area contributed by atoms with Crippen LogP contribution in [0.1, 0.15) is 27.2 Å². The van der Waals surface area contributed by atoms with Crippen LogP contribution in [-0.2, 0) is 23.3 Å². The predicted molar refractivity (Wildman–Crippen MR) is 107 cm³/mol. The van der Waals surface area contributed by atoms with E-state index in [-0.39, 0.29) is 52.6 Å². The molecule has 6 heteroatoms. The normalized spacial score (nSPS) is 8.45. The summed E-state index contributed by atoms with van der Waals surface area (Å²) in [6.07, 6.45) is 10.0. The fraction of sp³-hybridized carbons (Fsp3) is 0.500. The molecule has 0 bridgehead atoms. The summed E-state index contributed by atoms with van der Waals surface area (Å²) in [4.78, 5) is 0. The quantitative estimate of drug-likeness (QED) is 0.380. The van der Waals surface area contributed by atoms with Gasteiger partial charge < -0.3 is 28.0 Å². The number of rotatable bonds is 0. The van der Waals surface area contributed by atoms with E-state index in [0.717, 1.165) is 15.9 Å². The van der Waals surface area contributed by atoms with Crippen LogP contribution in [0, 0.1) is 28.4 Å². The van der Waals surface area contributed by atoms with E-state index in [9.17, 15) is 0 Å². The van der Waals surface area contributed by atoms with Crippen molar-refractivity contribution in [1.82, 2.24) is 0 Å². The van der Waals surface area contributed by atoms with Crippen LogP contribution in [0.4, 0.5) is 0 Å². The van der Waals surface area contributed by atoms with E-state index in [0.29, 0.717) is 0 Å². The van der Waals surface area contributed by atoms with Crippen LogP contribution in [0.15, 0.2) is 18.2 Å². The third-order valence-corrected chi connectivity index (χ3v) is 0.586. The van der Waals surface area contributed by atoms with E-state index in [4.69, 9.17) is 5.73 Å². The van der Waals surface area contributed by atoms with Crippen molar-refractivity contribution in [3.8, 4) is 0 Å². The molecule has 1 radical (unpaired) electrons. The molecule has 1 nitrogen and oxygen atoms in total. The van der Waals surface area contributed by atoms with Gasteiger partial charge in [-0.3, -0.25) is 6.08 Å². The molecule has 0 unspecified atom stereocenters. The van der Waals surface area contributed by atoms with Crippen molar-refractivity contribution in [2.24, 2.45) is 0 Å². The molecule has 0 aromatic carbocycles. The second-order valence-corrected chi connectivity index (χ2v) is 4.99. The van der Waals surface area contributed by atoms with Crippen molar-refractivity contribution in [2.75, 3.05) is 0 Å². The Kier molecular flexibility index (Phi) is 106. The van der Waals surface area contributed by atoms with Crippen LogP contribution in [0.3, 0.4) is 0 Å². The van der Waals surface area contributed by atoms with Gasteiger partial charge in [0.05, 0.1) is 0 Å². The minimum absolute atomic E-state index is 0. The van der Waals surface area contributed by atoms with E-state index >= 15 is 0 Å². The Bertz CT molecular complexity index is 157. The van der Waals surface area contributed by atoms with Crippen molar-refractivity contribution < 1.29 is 23.3 Å². The fourth-order valence-corrected chi connectivity index (χ4v) is 0.340. The molecule has 127 valence electrons. The van der Waals surface area contributed by atoms with Crippen LogP contribution in [0.25, 0.3) is 5.73 Å². The first-order chi connectivity index (χ1) is 6.91. The zero-order valence-electron chi connectivity index (χ0n) is 14.5. The van der Waals surface area contributed by atoms with Crippen molar-refractivity contribution >= 4 is 41.2 Å². The average molecular weight is 436 g/mol. The Labute approximate surface area is 161 Å². The number of hydrogen-bond acceptors (Lipinski definition) is 0. The first-order valence-electron chi connectivity index (χ1n) is 4.98. The average Bonchev–Trinajstić information content (AvgIpc) is 2.61. The summed E-state index contributed by atoms with van der Waals surface area (Å²) in [6, 6.07) is 0. The van der Waals surface area contributed by atoms with Crippen molar-refractivity contribution in [2.45, 2.75) is 45.8 Å². The first-order valence-corrected chi connectivity index (χ1v) is 13.2. The molecular weight excluding hydrogens is 400 g/mol. The van der Waals surface area contributed by atoms with Gasteiger partial charge in [-0.05, 0) is 0 Å². The number of halogens is 2. The van der Waals surface area contributed by atoms with Crippen molar-refractivity contribution in [3.63, 3.8) is 0 Å². The fourth-order valence-electron chi connectivity index (χ4n) is 0.340. The summed E-state index contributed by atoms with van der Waals surface area (Å²) in [5.74, 6) is 0. The molecule has 1 aliphatic carbocycles. The van der Waals surface area contributed by atoms with Gasteiger partial charge >= 0.3 is 30.2 Å². The molecule has 20 heavy (non-hydrogen) atoms. The third kappa shape index (κ3) is 162. The first kappa shape index (κ1) is 49.6. The second-order valence-electron chi connectivity index (χ2n) is 3.83. The van der Waals surface area contributed by atoms with Gasteiger partial charge in [-0.2, -0.15) is 6.08 Å². The molecule has 0 aliphatic heterocycles. The van der Waals surface area contributed by atoms with E-state index in [2.05, 4.69) is 25.2 Å². The summed E-state index contributed by atoms with van der Waals surface area (Å²) in [5, 5.41) is 0. The molecule has 1 rings (SSSR count). The van der Waals surface area contributed by atoms with Crippen LogP contribution < -0.4 is 0 Å². The van der Waals surface area contributed by atoms with Crippen LogP contribution in [0.2, 0.25) is 13.1 Å². The predicted octanol–water partition coefficient (Wildman–Crippen LogP) is 4.94. The summed E-state index contributed by atoms with van der Waals surface area (Å²) >= 11 is 1.58. The van der Waals surface area contributed by atoms with E-state index in [1.165, 1.54) is 0 Å². The Balaban J connectivity index is -0.0000000155. The molecule has 0 saturated heterocycles. The van der Waals surface area contributed by atoms with Crippen molar-refractivity contribution in [1.29, 1.82) is 0 Å². The maximum absolute atomic E-state index is 6.94. The Hall–Kier alpha value is 1.34. The summed E-state index contributed by atoms with van der Waals surface area (Å²) < 4.78 is 0. The van der Waals surface area contributed by atoms with Gasteiger partial charge in [0.2, 0.25) is 0 Å². The summed E-state index contributed by atoms with van der Waals surface area (Å²) in [6.45, 7) is 11.9. The molecule has 0 heterocycles. The Morgan fingerprint density at radius 2 is 1.35 bits per heavy atom. The van der Waals surface area contributed by atoms with Crippen LogP contribution in [0.5, 0.6) is 0 Å². The van der Waals surface area contributed by atoms with Crippen LogP contribution >= 0.6 is 24.8 Å². The molecule has 1 aliphatic rings. The molecule has 0 fully saturated rings. The monoisotopic (exact) mass is 433 g/mol. The molecule has 0 spiro atoms. The second kappa shape index (κ2) is 42.8. The van der Waals surface area contributed by atoms with Gasteiger partial charge in [0.25, 0.3) is 0 Å². The minimum atomic E-state index is -0.250. The zero-order valence-corrected chi connectivity index (χ0v) is 21.2. The molecular formula is C14H35Cl2NSi2Zr-5. The van der Waals surface area contributed by atoms with Gasteiger partial charge in [0.1, 0.15) is 0 Å². The topological polar surface area (TPSA) is 23.8 Å². The zero-order chi connectivity index (χ0) is 12.7. The SMILES string of the molecule is CC(C)(C)[NH-].C[SiH]C.Cl.Cl.[C-]1=CC=CC1.[CH3-].[CH3-].[CH3-].[SiH2]=[Zr]. The molecule has 0 aromatic rings. The number of nitrogens with one attached hydrogen (secondary N) is 1.